The second-order valence-corrected chi connectivity index (χ2v) is 6.46. The summed E-state index contributed by atoms with van der Waals surface area (Å²) < 4.78 is 9.17. The molecule has 0 fully saturated rings. The molecule has 0 bridgehead atoms. The predicted octanol–water partition coefficient (Wildman–Crippen LogP) is -0.128. The van der Waals surface area contributed by atoms with Gasteiger partial charge in [-0.3, -0.25) is 0 Å². The monoisotopic (exact) mass is 394 g/mol. The van der Waals surface area contributed by atoms with Crippen molar-refractivity contribution >= 4 is 12.0 Å². The van der Waals surface area contributed by atoms with E-state index in [-0.39, 0.29) is 27.2 Å². The third-order valence-electron chi connectivity index (χ3n) is 2.90. The Morgan fingerprint density at radius 3 is 3.00 bits per heavy atom. The van der Waals surface area contributed by atoms with Crippen molar-refractivity contribution in [3.8, 4) is 0 Å². The van der Waals surface area contributed by atoms with Crippen LogP contribution >= 0.6 is 0 Å². The third-order valence-corrected chi connectivity index (χ3v) is 4.83. The Hall–Kier alpha value is -1.66. The Bertz CT molecular complexity index is 642. The molecule has 1 aliphatic heterocycles. The van der Waals surface area contributed by atoms with Crippen LogP contribution in [0.15, 0.2) is 61.8 Å². The molecule has 1 aromatic rings. The Morgan fingerprint density at radius 1 is 1.38 bits per heavy atom. The van der Waals surface area contributed by atoms with Gasteiger partial charge in [0.15, 0.2) is 0 Å². The summed E-state index contributed by atoms with van der Waals surface area (Å²) in [4.78, 5) is 11.5. The zero-order chi connectivity index (χ0) is 15.1. The molecule has 1 aliphatic rings. The number of benzene rings is 1. The van der Waals surface area contributed by atoms with Crippen molar-refractivity contribution in [1.29, 1.82) is 0 Å². The van der Waals surface area contributed by atoms with Gasteiger partial charge < -0.3 is 0 Å². The molecule has 0 saturated heterocycles. The summed E-state index contributed by atoms with van der Waals surface area (Å²) in [6.45, 7) is 0.566. The van der Waals surface area contributed by atoms with Crippen LogP contribution in [-0.2, 0) is 4.74 Å². The van der Waals surface area contributed by atoms with E-state index < -0.39 is 0 Å². The fourth-order valence-electron chi connectivity index (χ4n) is 1.81. The number of rotatable bonds is 4. The van der Waals surface area contributed by atoms with Gasteiger partial charge in [0, 0.05) is 0 Å². The van der Waals surface area contributed by atoms with Crippen molar-refractivity contribution in [3.63, 3.8) is 0 Å². The van der Waals surface area contributed by atoms with Gasteiger partial charge in [-0.05, 0) is 0 Å². The van der Waals surface area contributed by atoms with Crippen LogP contribution in [0.4, 0.5) is 0 Å². The topological polar surface area (TPSA) is 52.3 Å². The van der Waals surface area contributed by atoms with Crippen molar-refractivity contribution in [2.75, 3.05) is 13.7 Å². The molecule has 0 saturated carbocycles. The van der Waals surface area contributed by atoms with Crippen LogP contribution < -0.4 is 26.9 Å². The van der Waals surface area contributed by atoms with Crippen LogP contribution in [0.1, 0.15) is 15.9 Å². The number of allylic oxidation sites excluding steroid dienone is 3. The SMILES string of the molecule is COC(=O)c1cccc(/C=C/C2=CC(CN)=C[I-]C=C2)c1. The van der Waals surface area contributed by atoms with E-state index >= 15 is 0 Å². The molecular formula is C17H17INO2-. The molecule has 3 nitrogen and oxygen atoms in total. The first kappa shape index (κ1) is 15.7. The first-order chi connectivity index (χ1) is 10.2. The van der Waals surface area contributed by atoms with Crippen molar-refractivity contribution in [2.24, 2.45) is 5.73 Å². The van der Waals surface area contributed by atoms with E-state index in [0.29, 0.717) is 12.1 Å². The van der Waals surface area contributed by atoms with Gasteiger partial charge in [0.05, 0.1) is 0 Å². The van der Waals surface area contributed by atoms with Crippen LogP contribution in [0.2, 0.25) is 0 Å². The Morgan fingerprint density at radius 2 is 2.24 bits per heavy atom. The minimum absolute atomic E-state index is 0.0394. The van der Waals surface area contributed by atoms with E-state index in [4.69, 9.17) is 10.5 Å². The molecule has 2 N–H and O–H groups in total. The molecule has 0 aliphatic carbocycles. The summed E-state index contributed by atoms with van der Waals surface area (Å²) in [6.07, 6.45) is 8.24. The molecule has 0 aromatic heterocycles. The summed E-state index contributed by atoms with van der Waals surface area (Å²) in [5, 5.41) is 0. The Kier molecular flexibility index (Phi) is 5.95. The van der Waals surface area contributed by atoms with Gasteiger partial charge >= 0.3 is 135 Å². The minimum atomic E-state index is -0.322. The second kappa shape index (κ2) is 7.95. The van der Waals surface area contributed by atoms with Gasteiger partial charge in [-0.2, -0.15) is 0 Å². The fourth-order valence-corrected chi connectivity index (χ4v) is 3.53. The number of methoxy groups -OCH3 is 1. The standard InChI is InChI=1S/C17H17INO2/c1-21-17(20)16-4-2-3-13(10-16)5-6-14-7-8-18-11-15(9-14)12-19/h2-11H,12,19H2,1H3/q-1/b6-5+. The summed E-state index contributed by atoms with van der Waals surface area (Å²) >= 11 is -0.0394. The molecule has 1 aromatic carbocycles. The number of ether oxygens (including phenoxy) is 1. The first-order valence-electron chi connectivity index (χ1n) is 6.48. The molecule has 0 unspecified atom stereocenters. The molecule has 0 radical (unpaired) electrons. The van der Waals surface area contributed by atoms with Crippen LogP contribution in [0.3, 0.4) is 0 Å². The van der Waals surface area contributed by atoms with Crippen molar-refractivity contribution in [1.82, 2.24) is 0 Å². The number of halogens is 1. The number of esters is 1. The summed E-state index contributed by atoms with van der Waals surface area (Å²) in [5.41, 5.74) is 9.52. The number of carbonyl (C=O) groups excluding carboxylic acids is 1. The van der Waals surface area contributed by atoms with Crippen LogP contribution in [0, 0.1) is 0 Å². The number of nitrogens with two attached hydrogens (primary N) is 1. The molecule has 2 rings (SSSR count). The van der Waals surface area contributed by atoms with E-state index in [1.165, 1.54) is 12.7 Å². The Balaban J connectivity index is 2.19. The van der Waals surface area contributed by atoms with Gasteiger partial charge in [-0.15, -0.1) is 0 Å². The maximum atomic E-state index is 11.5. The maximum absolute atomic E-state index is 11.5. The van der Waals surface area contributed by atoms with E-state index in [0.717, 1.165) is 11.1 Å². The molecule has 21 heavy (non-hydrogen) atoms. The summed E-state index contributed by atoms with van der Waals surface area (Å²) in [5.74, 6) is -0.322. The van der Waals surface area contributed by atoms with Gasteiger partial charge in [0.2, 0.25) is 0 Å². The first-order valence-corrected chi connectivity index (χ1v) is 8.98. The zero-order valence-corrected chi connectivity index (χ0v) is 13.9. The Labute approximate surface area is 135 Å². The quantitative estimate of drug-likeness (QED) is 0.572. The molecule has 0 spiro atoms. The molecular weight excluding hydrogens is 377 g/mol. The van der Waals surface area contributed by atoms with Crippen molar-refractivity contribution in [2.45, 2.75) is 0 Å². The van der Waals surface area contributed by atoms with Gasteiger partial charge in [-0.1, -0.05) is 0 Å². The molecule has 110 valence electrons. The van der Waals surface area contributed by atoms with Crippen LogP contribution in [0.25, 0.3) is 6.08 Å². The molecule has 1 heterocycles. The summed E-state index contributed by atoms with van der Waals surface area (Å²) in [6, 6.07) is 7.36. The zero-order valence-electron chi connectivity index (χ0n) is 11.8. The van der Waals surface area contributed by atoms with Gasteiger partial charge in [0.1, 0.15) is 0 Å². The van der Waals surface area contributed by atoms with E-state index in [1.807, 2.05) is 30.4 Å². The second-order valence-electron chi connectivity index (χ2n) is 4.40. The van der Waals surface area contributed by atoms with Crippen LogP contribution in [-0.4, -0.2) is 19.6 Å². The van der Waals surface area contributed by atoms with E-state index in [1.54, 1.807) is 6.07 Å². The number of hydrogen-bond donors (Lipinski definition) is 1. The average Bonchev–Trinajstić information content (AvgIpc) is 2.77. The number of hydrogen-bond acceptors (Lipinski definition) is 3. The van der Waals surface area contributed by atoms with E-state index in [9.17, 15) is 4.79 Å². The predicted molar refractivity (Wildman–Crippen MR) is 81.2 cm³/mol. The van der Waals surface area contributed by atoms with Gasteiger partial charge in [0.25, 0.3) is 0 Å². The fraction of sp³-hybridized carbons (Fsp3) is 0.118. The third kappa shape index (κ3) is 4.68. The molecule has 0 atom stereocenters. The average molecular weight is 394 g/mol. The molecule has 0 amide bonds. The van der Waals surface area contributed by atoms with Crippen LogP contribution in [0.5, 0.6) is 0 Å². The van der Waals surface area contributed by atoms with E-state index in [2.05, 4.69) is 20.3 Å². The summed E-state index contributed by atoms with van der Waals surface area (Å²) in [7, 11) is 1.38. The molecule has 4 heteroatoms. The van der Waals surface area contributed by atoms with Gasteiger partial charge in [-0.25, -0.2) is 0 Å². The van der Waals surface area contributed by atoms with Crippen molar-refractivity contribution < 1.29 is 30.7 Å². The normalized spacial score (nSPS) is 15.0. The number of carbonyl (C=O) groups is 1. The van der Waals surface area contributed by atoms with Crippen molar-refractivity contribution in [3.05, 3.63) is 72.9 Å².